The Balaban J connectivity index is 2.12. The second-order valence-electron chi connectivity index (χ2n) is 3.37. The van der Waals surface area contributed by atoms with Crippen molar-refractivity contribution in [3.8, 4) is 0 Å². The molecule has 78 valence electrons. The Hall–Kier alpha value is -0.940. The number of fused-ring (bicyclic) bond motifs is 1. The van der Waals surface area contributed by atoms with Crippen molar-refractivity contribution in [3.05, 3.63) is 11.6 Å². The molecule has 0 radical (unpaired) electrons. The van der Waals surface area contributed by atoms with Gasteiger partial charge in [-0.05, 0) is 6.42 Å². The molecule has 2 rings (SSSR count). The van der Waals surface area contributed by atoms with E-state index in [1.165, 1.54) is 0 Å². The number of rotatable bonds is 3. The third-order valence-corrected chi connectivity index (χ3v) is 2.39. The molecule has 0 aromatic carbocycles. The van der Waals surface area contributed by atoms with E-state index in [1.54, 1.807) is 0 Å². The van der Waals surface area contributed by atoms with Crippen molar-refractivity contribution in [1.29, 1.82) is 0 Å². The standard InChI is InChI=1S/C9H15N3O2/c13-5-1-2-8-10-11-9-3-6-14-7-4-12(8)9/h13H,1-7H2. The summed E-state index contributed by atoms with van der Waals surface area (Å²) in [4.78, 5) is 0. The molecule has 0 spiro atoms. The summed E-state index contributed by atoms with van der Waals surface area (Å²) in [5.41, 5.74) is 0. The Morgan fingerprint density at radius 3 is 3.14 bits per heavy atom. The second kappa shape index (κ2) is 4.52. The van der Waals surface area contributed by atoms with Gasteiger partial charge in [-0.2, -0.15) is 0 Å². The van der Waals surface area contributed by atoms with E-state index < -0.39 is 0 Å². The largest absolute Gasteiger partial charge is 0.396 e. The van der Waals surface area contributed by atoms with E-state index in [1.807, 2.05) is 0 Å². The minimum atomic E-state index is 0.207. The Labute approximate surface area is 82.7 Å². The van der Waals surface area contributed by atoms with Crippen molar-refractivity contribution >= 4 is 0 Å². The monoisotopic (exact) mass is 197 g/mol. The number of aliphatic hydroxyl groups is 1. The molecule has 1 aliphatic rings. The molecule has 1 aliphatic heterocycles. The van der Waals surface area contributed by atoms with Crippen LogP contribution in [0, 0.1) is 0 Å². The molecule has 0 unspecified atom stereocenters. The zero-order chi connectivity index (χ0) is 9.80. The first-order valence-corrected chi connectivity index (χ1v) is 5.01. The van der Waals surface area contributed by atoms with E-state index in [2.05, 4.69) is 14.8 Å². The third kappa shape index (κ3) is 1.93. The van der Waals surface area contributed by atoms with E-state index in [-0.39, 0.29) is 6.61 Å². The van der Waals surface area contributed by atoms with Crippen LogP contribution in [0.15, 0.2) is 0 Å². The van der Waals surface area contributed by atoms with Crippen LogP contribution in [0.4, 0.5) is 0 Å². The van der Waals surface area contributed by atoms with Crippen molar-refractivity contribution in [1.82, 2.24) is 14.8 Å². The van der Waals surface area contributed by atoms with Crippen LogP contribution in [0.25, 0.3) is 0 Å². The van der Waals surface area contributed by atoms with Crippen molar-refractivity contribution in [2.24, 2.45) is 0 Å². The molecular weight excluding hydrogens is 182 g/mol. The highest BCUT2D eigenvalue weighted by Gasteiger charge is 2.13. The Kier molecular flexibility index (Phi) is 3.10. The van der Waals surface area contributed by atoms with Crippen molar-refractivity contribution in [2.75, 3.05) is 19.8 Å². The number of aryl methyl sites for hydroxylation is 1. The maximum Gasteiger partial charge on any atom is 0.135 e. The molecule has 5 heteroatoms. The van der Waals surface area contributed by atoms with Gasteiger partial charge in [0.1, 0.15) is 11.6 Å². The SMILES string of the molecule is OCCCc1nnc2n1CCOCC2. The summed E-state index contributed by atoms with van der Waals surface area (Å²) in [6.45, 7) is 2.51. The molecule has 1 N–H and O–H groups in total. The quantitative estimate of drug-likeness (QED) is 0.727. The third-order valence-electron chi connectivity index (χ3n) is 2.39. The topological polar surface area (TPSA) is 60.2 Å². The van der Waals surface area contributed by atoms with Gasteiger partial charge in [0.2, 0.25) is 0 Å². The summed E-state index contributed by atoms with van der Waals surface area (Å²) < 4.78 is 7.47. The van der Waals surface area contributed by atoms with E-state index in [0.717, 1.165) is 50.7 Å². The average molecular weight is 197 g/mol. The zero-order valence-electron chi connectivity index (χ0n) is 8.15. The number of ether oxygens (including phenoxy) is 1. The number of hydrogen-bond donors (Lipinski definition) is 1. The predicted molar refractivity (Wildman–Crippen MR) is 50.0 cm³/mol. The lowest BCUT2D eigenvalue weighted by atomic mass is 10.3. The van der Waals surface area contributed by atoms with Crippen LogP contribution in [0.1, 0.15) is 18.1 Å². The minimum absolute atomic E-state index is 0.207. The number of aliphatic hydroxyl groups excluding tert-OH is 1. The highest BCUT2D eigenvalue weighted by atomic mass is 16.5. The lowest BCUT2D eigenvalue weighted by Gasteiger charge is -2.04. The van der Waals surface area contributed by atoms with Gasteiger partial charge >= 0.3 is 0 Å². The molecule has 0 saturated heterocycles. The second-order valence-corrected chi connectivity index (χ2v) is 3.37. The van der Waals surface area contributed by atoms with Crippen LogP contribution in [-0.4, -0.2) is 39.7 Å². The average Bonchev–Trinajstić information content (AvgIpc) is 2.45. The first kappa shape index (κ1) is 9.61. The Morgan fingerprint density at radius 2 is 2.29 bits per heavy atom. The van der Waals surface area contributed by atoms with Crippen molar-refractivity contribution < 1.29 is 9.84 Å². The van der Waals surface area contributed by atoms with Crippen molar-refractivity contribution in [2.45, 2.75) is 25.8 Å². The molecule has 0 atom stereocenters. The van der Waals surface area contributed by atoms with Gasteiger partial charge in [0.05, 0.1) is 13.2 Å². The van der Waals surface area contributed by atoms with E-state index in [9.17, 15) is 0 Å². The van der Waals surface area contributed by atoms with Gasteiger partial charge in [0, 0.05) is 26.0 Å². The molecule has 0 amide bonds. The van der Waals surface area contributed by atoms with Crippen LogP contribution in [0.2, 0.25) is 0 Å². The summed E-state index contributed by atoms with van der Waals surface area (Å²) in [5, 5.41) is 17.0. The fraction of sp³-hybridized carbons (Fsp3) is 0.778. The van der Waals surface area contributed by atoms with Gasteiger partial charge < -0.3 is 14.4 Å². The maximum atomic E-state index is 8.74. The van der Waals surface area contributed by atoms with Crippen LogP contribution >= 0.6 is 0 Å². The zero-order valence-corrected chi connectivity index (χ0v) is 8.15. The number of nitrogens with zero attached hydrogens (tertiary/aromatic N) is 3. The lowest BCUT2D eigenvalue weighted by Crippen LogP contribution is -2.08. The molecule has 1 aromatic heterocycles. The molecule has 0 bridgehead atoms. The molecule has 0 aliphatic carbocycles. The summed E-state index contributed by atoms with van der Waals surface area (Å²) in [6.07, 6.45) is 2.38. The van der Waals surface area contributed by atoms with Gasteiger partial charge in [0.15, 0.2) is 0 Å². The first-order chi connectivity index (χ1) is 6.92. The van der Waals surface area contributed by atoms with Crippen LogP contribution in [-0.2, 0) is 24.1 Å². The van der Waals surface area contributed by atoms with Gasteiger partial charge in [-0.1, -0.05) is 0 Å². The predicted octanol–water partition coefficient (Wildman–Crippen LogP) is -0.224. The van der Waals surface area contributed by atoms with Crippen LogP contribution in [0.5, 0.6) is 0 Å². The normalized spacial score (nSPS) is 16.4. The smallest absolute Gasteiger partial charge is 0.135 e. The summed E-state index contributed by atoms with van der Waals surface area (Å²) >= 11 is 0. The van der Waals surface area contributed by atoms with Gasteiger partial charge in [-0.15, -0.1) is 10.2 Å². The van der Waals surface area contributed by atoms with Gasteiger partial charge in [-0.3, -0.25) is 0 Å². The number of aromatic nitrogens is 3. The Bertz CT molecular complexity index is 298. The van der Waals surface area contributed by atoms with Crippen molar-refractivity contribution in [3.63, 3.8) is 0 Å². The summed E-state index contributed by atoms with van der Waals surface area (Å²) in [6, 6.07) is 0. The molecule has 2 heterocycles. The van der Waals surface area contributed by atoms with Crippen LogP contribution in [0.3, 0.4) is 0 Å². The first-order valence-electron chi connectivity index (χ1n) is 5.01. The maximum absolute atomic E-state index is 8.74. The molecule has 1 aromatic rings. The highest BCUT2D eigenvalue weighted by Crippen LogP contribution is 2.08. The Morgan fingerprint density at radius 1 is 1.36 bits per heavy atom. The fourth-order valence-electron chi connectivity index (χ4n) is 1.66. The highest BCUT2D eigenvalue weighted by molar-refractivity contribution is 4.97. The molecule has 5 nitrogen and oxygen atoms in total. The number of hydrogen-bond acceptors (Lipinski definition) is 4. The van der Waals surface area contributed by atoms with Crippen LogP contribution < -0.4 is 0 Å². The van der Waals surface area contributed by atoms with E-state index in [4.69, 9.17) is 9.84 Å². The van der Waals surface area contributed by atoms with E-state index >= 15 is 0 Å². The lowest BCUT2D eigenvalue weighted by molar-refractivity contribution is 0.139. The van der Waals surface area contributed by atoms with Gasteiger partial charge in [-0.25, -0.2) is 0 Å². The molecule has 0 fully saturated rings. The van der Waals surface area contributed by atoms with E-state index in [0.29, 0.717) is 0 Å². The van der Waals surface area contributed by atoms with Gasteiger partial charge in [0.25, 0.3) is 0 Å². The molecular formula is C9H15N3O2. The summed E-state index contributed by atoms with van der Waals surface area (Å²) in [5.74, 6) is 1.98. The summed E-state index contributed by atoms with van der Waals surface area (Å²) in [7, 11) is 0. The molecule has 14 heavy (non-hydrogen) atoms. The minimum Gasteiger partial charge on any atom is -0.396 e. The fourth-order valence-corrected chi connectivity index (χ4v) is 1.66. The molecule has 0 saturated carbocycles.